The van der Waals surface area contributed by atoms with Gasteiger partial charge in [0.15, 0.2) is 0 Å². The summed E-state index contributed by atoms with van der Waals surface area (Å²) in [5, 5.41) is 2.80. The molecule has 1 aromatic carbocycles. The van der Waals surface area contributed by atoms with Gasteiger partial charge in [-0.1, -0.05) is 24.4 Å². The smallest absolute Gasteiger partial charge is 0.225 e. The highest BCUT2D eigenvalue weighted by Crippen LogP contribution is 2.11. The summed E-state index contributed by atoms with van der Waals surface area (Å²) < 4.78 is 0. The van der Waals surface area contributed by atoms with Crippen LogP contribution in [0.5, 0.6) is 0 Å². The molecule has 5 heteroatoms. The molecule has 1 rings (SSSR count). The van der Waals surface area contributed by atoms with Crippen molar-refractivity contribution in [3.8, 4) is 0 Å². The van der Waals surface area contributed by atoms with E-state index >= 15 is 0 Å². The minimum absolute atomic E-state index is 0.00874. The number of hydrogen-bond acceptors (Lipinski definition) is 3. The number of thiocarbonyl (C=S) groups is 1. The van der Waals surface area contributed by atoms with Gasteiger partial charge in [0.1, 0.15) is 4.99 Å². The fourth-order valence-electron chi connectivity index (χ4n) is 1.17. The molecule has 1 aromatic rings. The lowest BCUT2D eigenvalue weighted by molar-refractivity contribution is -0.115. The van der Waals surface area contributed by atoms with Gasteiger partial charge in [-0.05, 0) is 18.4 Å². The molecule has 0 unspecified atom stereocenters. The van der Waals surface area contributed by atoms with Gasteiger partial charge in [-0.25, -0.2) is 0 Å². The van der Waals surface area contributed by atoms with Crippen LogP contribution in [0.1, 0.15) is 12.0 Å². The SMILES string of the molecule is CSCCC(=O)Nc1cccc(C(N)=S)c1. The van der Waals surface area contributed by atoms with Crippen molar-refractivity contribution in [3.63, 3.8) is 0 Å². The quantitative estimate of drug-likeness (QED) is 0.789. The molecule has 0 radical (unpaired) electrons. The van der Waals surface area contributed by atoms with Crippen LogP contribution in [0.25, 0.3) is 0 Å². The maximum atomic E-state index is 11.5. The van der Waals surface area contributed by atoms with Crippen molar-refractivity contribution in [2.45, 2.75) is 6.42 Å². The molecule has 3 nitrogen and oxygen atoms in total. The summed E-state index contributed by atoms with van der Waals surface area (Å²) in [5.74, 6) is 0.829. The van der Waals surface area contributed by atoms with E-state index in [0.717, 1.165) is 17.0 Å². The van der Waals surface area contributed by atoms with E-state index in [2.05, 4.69) is 5.32 Å². The Balaban J connectivity index is 2.63. The molecule has 86 valence electrons. The predicted molar refractivity (Wildman–Crippen MR) is 74.0 cm³/mol. The molecule has 0 heterocycles. The number of rotatable bonds is 5. The molecule has 16 heavy (non-hydrogen) atoms. The average Bonchev–Trinajstić information content (AvgIpc) is 2.26. The first-order chi connectivity index (χ1) is 7.63. The monoisotopic (exact) mass is 254 g/mol. The first-order valence-electron chi connectivity index (χ1n) is 4.82. The summed E-state index contributed by atoms with van der Waals surface area (Å²) in [4.78, 5) is 11.8. The number of carbonyl (C=O) groups is 1. The van der Waals surface area contributed by atoms with Crippen molar-refractivity contribution in [2.24, 2.45) is 5.73 Å². The Labute approximate surface area is 105 Å². The van der Waals surface area contributed by atoms with Crippen LogP contribution in [0.15, 0.2) is 24.3 Å². The number of hydrogen-bond donors (Lipinski definition) is 2. The van der Waals surface area contributed by atoms with Crippen LogP contribution in [-0.2, 0) is 4.79 Å². The third-order valence-corrected chi connectivity index (χ3v) is 2.81. The largest absolute Gasteiger partial charge is 0.389 e. The zero-order valence-corrected chi connectivity index (χ0v) is 10.7. The lowest BCUT2D eigenvalue weighted by Crippen LogP contribution is -2.14. The van der Waals surface area contributed by atoms with E-state index in [1.807, 2.05) is 24.5 Å². The van der Waals surface area contributed by atoms with Crippen molar-refractivity contribution < 1.29 is 4.79 Å². The Morgan fingerprint density at radius 1 is 1.56 bits per heavy atom. The van der Waals surface area contributed by atoms with Gasteiger partial charge in [0.25, 0.3) is 0 Å². The Morgan fingerprint density at radius 2 is 2.31 bits per heavy atom. The van der Waals surface area contributed by atoms with E-state index in [1.165, 1.54) is 0 Å². The van der Waals surface area contributed by atoms with Crippen LogP contribution >= 0.6 is 24.0 Å². The van der Waals surface area contributed by atoms with Crippen LogP contribution in [-0.4, -0.2) is 22.9 Å². The van der Waals surface area contributed by atoms with E-state index in [-0.39, 0.29) is 5.91 Å². The third-order valence-electron chi connectivity index (χ3n) is 1.96. The molecule has 0 aliphatic rings. The normalized spacial score (nSPS) is 9.81. The summed E-state index contributed by atoms with van der Waals surface area (Å²) in [6.07, 6.45) is 2.49. The number of nitrogens with two attached hydrogens (primary N) is 1. The molecular weight excluding hydrogens is 240 g/mol. The summed E-state index contributed by atoms with van der Waals surface area (Å²) >= 11 is 6.51. The number of benzene rings is 1. The number of carbonyl (C=O) groups excluding carboxylic acids is 1. The highest BCUT2D eigenvalue weighted by Gasteiger charge is 2.03. The molecule has 0 aliphatic heterocycles. The second-order valence-corrected chi connectivity index (χ2v) is 4.66. The molecule has 0 spiro atoms. The van der Waals surface area contributed by atoms with E-state index < -0.39 is 0 Å². The molecular formula is C11H14N2OS2. The Hall–Kier alpha value is -1.07. The van der Waals surface area contributed by atoms with Gasteiger partial charge in [0, 0.05) is 23.4 Å². The van der Waals surface area contributed by atoms with Gasteiger partial charge in [0.05, 0.1) is 0 Å². The summed E-state index contributed by atoms with van der Waals surface area (Å²) in [6.45, 7) is 0. The van der Waals surface area contributed by atoms with E-state index in [9.17, 15) is 4.79 Å². The zero-order valence-electron chi connectivity index (χ0n) is 9.03. The molecule has 3 N–H and O–H groups in total. The minimum Gasteiger partial charge on any atom is -0.389 e. The Morgan fingerprint density at radius 3 is 2.94 bits per heavy atom. The molecule has 0 saturated carbocycles. The molecule has 1 amide bonds. The van der Waals surface area contributed by atoms with E-state index in [0.29, 0.717) is 11.4 Å². The standard InChI is InChI=1S/C11H14N2OS2/c1-16-6-5-10(14)13-9-4-2-3-8(7-9)11(12)15/h2-4,7H,5-6H2,1H3,(H2,12,15)(H,13,14). The van der Waals surface area contributed by atoms with Crippen molar-refractivity contribution >= 4 is 40.6 Å². The highest BCUT2D eigenvalue weighted by atomic mass is 32.2. The number of thioether (sulfide) groups is 1. The topological polar surface area (TPSA) is 55.1 Å². The molecule has 0 aromatic heterocycles. The van der Waals surface area contributed by atoms with Crippen molar-refractivity contribution in [2.75, 3.05) is 17.3 Å². The Bertz CT molecular complexity index is 393. The molecule has 0 bridgehead atoms. The second kappa shape index (κ2) is 6.50. The van der Waals surface area contributed by atoms with Crippen LogP contribution < -0.4 is 11.1 Å². The fourth-order valence-corrected chi connectivity index (χ4v) is 1.68. The number of amides is 1. The van der Waals surface area contributed by atoms with Crippen molar-refractivity contribution in [1.82, 2.24) is 0 Å². The van der Waals surface area contributed by atoms with E-state index in [4.69, 9.17) is 18.0 Å². The van der Waals surface area contributed by atoms with Crippen LogP contribution in [0.4, 0.5) is 5.69 Å². The van der Waals surface area contributed by atoms with Crippen LogP contribution in [0, 0.1) is 0 Å². The molecule has 0 atom stereocenters. The van der Waals surface area contributed by atoms with E-state index in [1.54, 1.807) is 17.8 Å². The molecule has 0 saturated heterocycles. The summed E-state index contributed by atoms with van der Waals surface area (Å²) in [7, 11) is 0. The summed E-state index contributed by atoms with van der Waals surface area (Å²) in [6, 6.07) is 7.23. The molecule has 0 aliphatic carbocycles. The van der Waals surface area contributed by atoms with Crippen LogP contribution in [0.2, 0.25) is 0 Å². The van der Waals surface area contributed by atoms with Crippen molar-refractivity contribution in [3.05, 3.63) is 29.8 Å². The second-order valence-electron chi connectivity index (χ2n) is 3.24. The van der Waals surface area contributed by atoms with Crippen molar-refractivity contribution in [1.29, 1.82) is 0 Å². The Kier molecular flexibility index (Phi) is 5.28. The van der Waals surface area contributed by atoms with Gasteiger partial charge < -0.3 is 11.1 Å². The van der Waals surface area contributed by atoms with Crippen LogP contribution in [0.3, 0.4) is 0 Å². The van der Waals surface area contributed by atoms with Gasteiger partial charge in [-0.2, -0.15) is 11.8 Å². The lowest BCUT2D eigenvalue weighted by Gasteiger charge is -2.06. The fraction of sp³-hybridized carbons (Fsp3) is 0.273. The maximum absolute atomic E-state index is 11.5. The van der Waals surface area contributed by atoms with Gasteiger partial charge in [-0.15, -0.1) is 0 Å². The van der Waals surface area contributed by atoms with Gasteiger partial charge >= 0.3 is 0 Å². The number of anilines is 1. The maximum Gasteiger partial charge on any atom is 0.225 e. The first-order valence-corrected chi connectivity index (χ1v) is 6.62. The zero-order chi connectivity index (χ0) is 12.0. The summed E-state index contributed by atoms with van der Waals surface area (Å²) in [5.41, 5.74) is 7.00. The average molecular weight is 254 g/mol. The molecule has 0 fully saturated rings. The first kappa shape index (κ1) is 13.0. The highest BCUT2D eigenvalue weighted by molar-refractivity contribution is 7.98. The predicted octanol–water partition coefficient (Wildman–Crippen LogP) is 2.01. The van der Waals surface area contributed by atoms with Gasteiger partial charge in [0.2, 0.25) is 5.91 Å². The minimum atomic E-state index is 0.00874. The number of nitrogens with one attached hydrogen (secondary N) is 1. The lowest BCUT2D eigenvalue weighted by atomic mass is 10.2. The van der Waals surface area contributed by atoms with Gasteiger partial charge in [-0.3, -0.25) is 4.79 Å². The third kappa shape index (κ3) is 4.20.